The van der Waals surface area contributed by atoms with Gasteiger partial charge in [0.15, 0.2) is 0 Å². The minimum atomic E-state index is -1.16. The Kier molecular flexibility index (Phi) is 4.69. The van der Waals surface area contributed by atoms with Gasteiger partial charge in [-0.15, -0.1) is 0 Å². The van der Waals surface area contributed by atoms with E-state index in [1.807, 2.05) is 0 Å². The van der Waals surface area contributed by atoms with Crippen molar-refractivity contribution < 1.29 is 29.7 Å². The monoisotopic (exact) mass is 270 g/mol. The number of carboxylic acids is 3. The molecule has 1 aliphatic carbocycles. The van der Waals surface area contributed by atoms with Crippen LogP contribution in [0.5, 0.6) is 0 Å². The molecule has 106 valence electrons. The summed E-state index contributed by atoms with van der Waals surface area (Å²) in [4.78, 5) is 33.0. The van der Waals surface area contributed by atoms with Gasteiger partial charge in [-0.1, -0.05) is 18.6 Å². The normalized spacial score (nSPS) is 28.3. The maximum Gasteiger partial charge on any atom is 0.310 e. The van der Waals surface area contributed by atoms with Crippen molar-refractivity contribution in [3.63, 3.8) is 0 Å². The third-order valence-electron chi connectivity index (χ3n) is 3.68. The molecule has 0 amide bonds. The average molecular weight is 270 g/mol. The minimum absolute atomic E-state index is 0.205. The summed E-state index contributed by atoms with van der Waals surface area (Å²) in [5.74, 6) is -5.50. The molecule has 0 aromatic heterocycles. The Hall–Kier alpha value is -1.85. The van der Waals surface area contributed by atoms with Gasteiger partial charge in [0.2, 0.25) is 0 Å². The second-order valence-electron chi connectivity index (χ2n) is 5.15. The van der Waals surface area contributed by atoms with Crippen LogP contribution in [0.3, 0.4) is 0 Å². The van der Waals surface area contributed by atoms with Crippen LogP contribution in [0, 0.1) is 23.7 Å². The molecule has 0 aliphatic heterocycles. The SMILES string of the molecule is CC1=CC(C(CC(=O)O)C(=O)O)CC(C)C1C(=O)O. The summed E-state index contributed by atoms with van der Waals surface area (Å²) in [6, 6.07) is 0. The standard InChI is InChI=1S/C13H18O6/c1-6-3-8(4-7(2)11(6)13(18)19)9(12(16)17)5-10(14)15/h3,7-9,11H,4-5H2,1-2H3,(H,14,15)(H,16,17)(H,18,19). The van der Waals surface area contributed by atoms with Gasteiger partial charge in [-0.25, -0.2) is 0 Å². The van der Waals surface area contributed by atoms with Gasteiger partial charge in [-0.2, -0.15) is 0 Å². The quantitative estimate of drug-likeness (QED) is 0.652. The molecule has 1 rings (SSSR count). The predicted octanol–water partition coefficient (Wildman–Crippen LogP) is 1.47. The Bertz CT molecular complexity index is 425. The molecule has 6 nitrogen and oxygen atoms in total. The zero-order chi connectivity index (χ0) is 14.7. The van der Waals surface area contributed by atoms with Crippen LogP contribution >= 0.6 is 0 Å². The summed E-state index contributed by atoms with van der Waals surface area (Å²) >= 11 is 0. The van der Waals surface area contributed by atoms with Gasteiger partial charge >= 0.3 is 17.9 Å². The van der Waals surface area contributed by atoms with Gasteiger partial charge in [0.1, 0.15) is 0 Å². The van der Waals surface area contributed by atoms with Crippen LogP contribution in [0.15, 0.2) is 11.6 Å². The fourth-order valence-electron chi connectivity index (χ4n) is 2.85. The molecule has 0 aromatic carbocycles. The summed E-state index contributed by atoms with van der Waals surface area (Å²) in [5, 5.41) is 27.0. The zero-order valence-corrected chi connectivity index (χ0v) is 10.9. The highest BCUT2D eigenvalue weighted by Gasteiger charge is 2.38. The summed E-state index contributed by atoms with van der Waals surface area (Å²) < 4.78 is 0. The minimum Gasteiger partial charge on any atom is -0.481 e. The molecule has 0 saturated carbocycles. The van der Waals surface area contributed by atoms with E-state index in [2.05, 4.69) is 0 Å². The lowest BCUT2D eigenvalue weighted by molar-refractivity contribution is -0.150. The third kappa shape index (κ3) is 3.56. The van der Waals surface area contributed by atoms with Crippen LogP contribution < -0.4 is 0 Å². The molecule has 6 heteroatoms. The predicted molar refractivity (Wildman–Crippen MR) is 65.5 cm³/mol. The summed E-state index contributed by atoms with van der Waals surface area (Å²) in [5.41, 5.74) is 0.605. The van der Waals surface area contributed by atoms with E-state index in [9.17, 15) is 14.4 Å². The van der Waals surface area contributed by atoms with Crippen LogP contribution in [0.2, 0.25) is 0 Å². The van der Waals surface area contributed by atoms with Gasteiger partial charge < -0.3 is 15.3 Å². The lowest BCUT2D eigenvalue weighted by Gasteiger charge is -2.32. The Balaban J connectivity index is 2.99. The molecule has 19 heavy (non-hydrogen) atoms. The summed E-state index contributed by atoms with van der Waals surface area (Å²) in [7, 11) is 0. The van der Waals surface area contributed by atoms with Crippen molar-refractivity contribution in [2.75, 3.05) is 0 Å². The molecule has 0 heterocycles. The van der Waals surface area contributed by atoms with Gasteiger partial charge in [0.05, 0.1) is 18.3 Å². The topological polar surface area (TPSA) is 112 Å². The number of allylic oxidation sites excluding steroid dienone is 1. The smallest absolute Gasteiger partial charge is 0.310 e. The molecule has 0 aromatic rings. The van der Waals surface area contributed by atoms with Gasteiger partial charge in [0.25, 0.3) is 0 Å². The Morgan fingerprint density at radius 2 is 1.89 bits per heavy atom. The van der Waals surface area contributed by atoms with Crippen LogP contribution in [-0.4, -0.2) is 33.2 Å². The van der Waals surface area contributed by atoms with E-state index in [0.29, 0.717) is 12.0 Å². The lowest BCUT2D eigenvalue weighted by Crippen LogP contribution is -2.34. The maximum atomic E-state index is 11.2. The number of carboxylic acid groups (broad SMARTS) is 3. The van der Waals surface area contributed by atoms with Crippen LogP contribution in [0.1, 0.15) is 26.7 Å². The van der Waals surface area contributed by atoms with E-state index in [0.717, 1.165) is 0 Å². The summed E-state index contributed by atoms with van der Waals surface area (Å²) in [6.07, 6.45) is 1.54. The molecule has 0 saturated heterocycles. The number of aliphatic carboxylic acids is 3. The molecule has 3 N–H and O–H groups in total. The second kappa shape index (κ2) is 5.86. The highest BCUT2D eigenvalue weighted by molar-refractivity contribution is 5.79. The van der Waals surface area contributed by atoms with Gasteiger partial charge in [-0.3, -0.25) is 14.4 Å². The van der Waals surface area contributed by atoms with Gasteiger partial charge in [-0.05, 0) is 25.2 Å². The molecule has 1 aliphatic rings. The molecule has 0 radical (unpaired) electrons. The number of carbonyl (C=O) groups is 3. The molecule has 4 unspecified atom stereocenters. The Labute approximate surface area is 110 Å². The van der Waals surface area contributed by atoms with E-state index in [1.165, 1.54) is 0 Å². The number of hydrogen-bond donors (Lipinski definition) is 3. The molecular weight excluding hydrogens is 252 g/mol. The highest BCUT2D eigenvalue weighted by Crippen LogP contribution is 2.37. The fraction of sp³-hybridized carbons (Fsp3) is 0.615. The zero-order valence-electron chi connectivity index (χ0n) is 10.9. The van der Waals surface area contributed by atoms with Crippen molar-refractivity contribution in [2.24, 2.45) is 23.7 Å². The third-order valence-corrected chi connectivity index (χ3v) is 3.68. The van der Waals surface area contributed by atoms with E-state index in [1.54, 1.807) is 19.9 Å². The molecule has 0 bridgehead atoms. The first-order valence-corrected chi connectivity index (χ1v) is 6.09. The van der Waals surface area contributed by atoms with Crippen molar-refractivity contribution in [1.82, 2.24) is 0 Å². The van der Waals surface area contributed by atoms with Crippen molar-refractivity contribution in [1.29, 1.82) is 0 Å². The molecule has 0 spiro atoms. The lowest BCUT2D eigenvalue weighted by atomic mass is 9.71. The first-order chi connectivity index (χ1) is 8.73. The molecule has 4 atom stereocenters. The summed E-state index contributed by atoms with van der Waals surface area (Å²) in [6.45, 7) is 3.41. The van der Waals surface area contributed by atoms with E-state index < -0.39 is 42.1 Å². The van der Waals surface area contributed by atoms with E-state index >= 15 is 0 Å². The van der Waals surface area contributed by atoms with Crippen LogP contribution in [0.4, 0.5) is 0 Å². The van der Waals surface area contributed by atoms with Crippen LogP contribution in [0.25, 0.3) is 0 Å². The largest absolute Gasteiger partial charge is 0.481 e. The first-order valence-electron chi connectivity index (χ1n) is 6.09. The number of rotatable bonds is 5. The number of hydrogen-bond acceptors (Lipinski definition) is 3. The average Bonchev–Trinajstić information content (AvgIpc) is 2.23. The highest BCUT2D eigenvalue weighted by atomic mass is 16.4. The Morgan fingerprint density at radius 3 is 2.26 bits per heavy atom. The Morgan fingerprint density at radius 1 is 1.32 bits per heavy atom. The van der Waals surface area contributed by atoms with E-state index in [4.69, 9.17) is 15.3 Å². The van der Waals surface area contributed by atoms with Crippen LogP contribution in [-0.2, 0) is 14.4 Å². The van der Waals surface area contributed by atoms with Crippen molar-refractivity contribution in [3.8, 4) is 0 Å². The molecule has 0 fully saturated rings. The fourth-order valence-corrected chi connectivity index (χ4v) is 2.85. The van der Waals surface area contributed by atoms with Crippen molar-refractivity contribution in [3.05, 3.63) is 11.6 Å². The van der Waals surface area contributed by atoms with E-state index in [-0.39, 0.29) is 5.92 Å². The van der Waals surface area contributed by atoms with Gasteiger partial charge in [0, 0.05) is 0 Å². The molecular formula is C13H18O6. The van der Waals surface area contributed by atoms with Crippen molar-refractivity contribution >= 4 is 17.9 Å². The maximum absolute atomic E-state index is 11.2. The second-order valence-corrected chi connectivity index (χ2v) is 5.15. The first kappa shape index (κ1) is 15.2. The van der Waals surface area contributed by atoms with Crippen molar-refractivity contribution in [2.45, 2.75) is 26.7 Å².